The third kappa shape index (κ3) is 3.42. The van der Waals surface area contributed by atoms with Gasteiger partial charge in [-0.25, -0.2) is 0 Å². The van der Waals surface area contributed by atoms with E-state index in [1.165, 1.54) is 30.5 Å². The second-order valence-electron chi connectivity index (χ2n) is 4.72. The van der Waals surface area contributed by atoms with Crippen molar-refractivity contribution in [3.63, 3.8) is 0 Å². The van der Waals surface area contributed by atoms with Crippen LogP contribution < -0.4 is 10.9 Å². The van der Waals surface area contributed by atoms with Crippen LogP contribution in [0, 0.1) is 0 Å². The monoisotopic (exact) mass is 321 g/mol. The molecule has 3 rings (SSSR count). The highest BCUT2D eigenvalue weighted by atomic mass is 19.4. The van der Waals surface area contributed by atoms with E-state index in [0.29, 0.717) is 11.3 Å². The molecule has 0 aliphatic heterocycles. The molecule has 0 radical (unpaired) electrons. The number of hydrogen-bond acceptors (Lipinski definition) is 4. The molecule has 0 amide bonds. The van der Waals surface area contributed by atoms with Crippen LogP contribution in [0.2, 0.25) is 0 Å². The first-order valence-corrected chi connectivity index (χ1v) is 6.52. The minimum Gasteiger partial charge on any atom is -0.338 e. The molecule has 0 aliphatic rings. The molecule has 2 aromatic heterocycles. The molecule has 0 aliphatic carbocycles. The van der Waals surface area contributed by atoms with Gasteiger partial charge in [0, 0.05) is 29.6 Å². The third-order valence-corrected chi connectivity index (χ3v) is 3.04. The van der Waals surface area contributed by atoms with Crippen molar-refractivity contribution in [3.05, 3.63) is 64.6 Å². The van der Waals surface area contributed by atoms with Gasteiger partial charge in [0.1, 0.15) is 5.69 Å². The first-order valence-electron chi connectivity index (χ1n) is 6.52. The highest BCUT2D eigenvalue weighted by molar-refractivity contribution is 5.64. The van der Waals surface area contributed by atoms with Crippen molar-refractivity contribution in [3.8, 4) is 11.3 Å². The van der Waals surface area contributed by atoms with Gasteiger partial charge in [-0.3, -0.25) is 4.79 Å². The largest absolute Gasteiger partial charge is 0.416 e. The summed E-state index contributed by atoms with van der Waals surface area (Å²) < 4.78 is 43.1. The Morgan fingerprint density at radius 3 is 2.70 bits per heavy atom. The number of nitrogens with zero attached hydrogens (tertiary/aromatic N) is 1. The fourth-order valence-electron chi connectivity index (χ4n) is 1.99. The third-order valence-electron chi connectivity index (χ3n) is 3.04. The SMILES string of the molecule is O=c1cc(-c2cc(Nc3cccc(C(F)(F)F)c3)on2)cc[nH]1. The van der Waals surface area contributed by atoms with E-state index in [0.717, 1.165) is 12.1 Å². The van der Waals surface area contributed by atoms with Gasteiger partial charge in [0.15, 0.2) is 0 Å². The minimum atomic E-state index is -4.42. The van der Waals surface area contributed by atoms with Crippen molar-refractivity contribution >= 4 is 11.6 Å². The summed E-state index contributed by atoms with van der Waals surface area (Å²) in [5, 5.41) is 6.49. The van der Waals surface area contributed by atoms with Gasteiger partial charge in [-0.2, -0.15) is 13.2 Å². The number of hydrogen-bond donors (Lipinski definition) is 2. The molecule has 3 aromatic rings. The van der Waals surface area contributed by atoms with Gasteiger partial charge < -0.3 is 14.8 Å². The summed E-state index contributed by atoms with van der Waals surface area (Å²) in [5.74, 6) is 0.166. The molecule has 0 spiro atoms. The van der Waals surface area contributed by atoms with E-state index in [1.54, 1.807) is 6.07 Å². The van der Waals surface area contributed by atoms with Gasteiger partial charge >= 0.3 is 6.18 Å². The molecule has 0 fully saturated rings. The van der Waals surface area contributed by atoms with Gasteiger partial charge in [-0.15, -0.1) is 0 Å². The van der Waals surface area contributed by atoms with Gasteiger partial charge in [-0.05, 0) is 24.3 Å². The Bertz CT molecular complexity index is 884. The maximum Gasteiger partial charge on any atom is 0.416 e. The van der Waals surface area contributed by atoms with Crippen LogP contribution in [0.1, 0.15) is 5.56 Å². The number of aromatic amines is 1. The molecule has 5 nitrogen and oxygen atoms in total. The second-order valence-corrected chi connectivity index (χ2v) is 4.72. The van der Waals surface area contributed by atoms with Crippen LogP contribution in [0.4, 0.5) is 24.7 Å². The number of aromatic nitrogens is 2. The number of rotatable bonds is 3. The summed E-state index contributed by atoms with van der Waals surface area (Å²) in [6.07, 6.45) is -2.96. The van der Waals surface area contributed by atoms with Gasteiger partial charge in [-0.1, -0.05) is 11.2 Å². The van der Waals surface area contributed by atoms with Crippen molar-refractivity contribution in [1.82, 2.24) is 10.1 Å². The first-order chi connectivity index (χ1) is 10.9. The van der Waals surface area contributed by atoms with Crippen molar-refractivity contribution in [2.45, 2.75) is 6.18 Å². The molecule has 0 bridgehead atoms. The normalized spacial score (nSPS) is 11.4. The maximum absolute atomic E-state index is 12.7. The Labute approximate surface area is 127 Å². The molecule has 23 heavy (non-hydrogen) atoms. The summed E-state index contributed by atoms with van der Waals surface area (Å²) in [5.41, 5.74) is 0.0864. The van der Waals surface area contributed by atoms with Crippen LogP contribution >= 0.6 is 0 Å². The second kappa shape index (κ2) is 5.64. The van der Waals surface area contributed by atoms with Crippen LogP contribution in [0.15, 0.2) is 58.0 Å². The molecule has 1 aromatic carbocycles. The number of anilines is 2. The lowest BCUT2D eigenvalue weighted by atomic mass is 10.2. The van der Waals surface area contributed by atoms with Crippen LogP contribution in [0.5, 0.6) is 0 Å². The molecule has 0 unspecified atom stereocenters. The summed E-state index contributed by atoms with van der Waals surface area (Å²) >= 11 is 0. The molecule has 2 N–H and O–H groups in total. The van der Waals surface area contributed by atoms with E-state index < -0.39 is 11.7 Å². The Balaban J connectivity index is 1.84. The topological polar surface area (TPSA) is 70.9 Å². The smallest absolute Gasteiger partial charge is 0.338 e. The maximum atomic E-state index is 12.7. The lowest BCUT2D eigenvalue weighted by Crippen LogP contribution is -2.05. The summed E-state index contributed by atoms with van der Waals surface area (Å²) in [4.78, 5) is 13.7. The average molecular weight is 321 g/mol. The first kappa shape index (κ1) is 14.9. The number of alkyl halides is 3. The zero-order valence-electron chi connectivity index (χ0n) is 11.5. The highest BCUT2D eigenvalue weighted by Crippen LogP contribution is 2.31. The number of nitrogens with one attached hydrogen (secondary N) is 2. The lowest BCUT2D eigenvalue weighted by molar-refractivity contribution is -0.137. The standard InChI is InChI=1S/C15H10F3N3O2/c16-15(17,18)10-2-1-3-11(7-10)20-14-8-12(21-23-14)9-4-5-19-13(22)6-9/h1-8,20H,(H,19,22). The van der Waals surface area contributed by atoms with E-state index >= 15 is 0 Å². The van der Waals surface area contributed by atoms with Crippen molar-refractivity contribution in [1.29, 1.82) is 0 Å². The molecule has 118 valence electrons. The Hall–Kier alpha value is -3.03. The van der Waals surface area contributed by atoms with Crippen LogP contribution in [-0.2, 0) is 6.18 Å². The zero-order chi connectivity index (χ0) is 16.4. The van der Waals surface area contributed by atoms with Crippen LogP contribution in [0.25, 0.3) is 11.3 Å². The number of halogens is 3. The summed E-state index contributed by atoms with van der Waals surface area (Å²) in [6, 6.07) is 9.18. The quantitative estimate of drug-likeness (QED) is 0.770. The molecule has 2 heterocycles. The van der Waals surface area contributed by atoms with E-state index in [-0.39, 0.29) is 17.1 Å². The molecule has 0 atom stereocenters. The predicted octanol–water partition coefficient (Wildman–Crippen LogP) is 3.79. The Morgan fingerprint density at radius 2 is 1.96 bits per heavy atom. The number of benzene rings is 1. The van der Waals surface area contributed by atoms with Gasteiger partial charge in [0.2, 0.25) is 11.4 Å². The summed E-state index contributed by atoms with van der Waals surface area (Å²) in [7, 11) is 0. The van der Waals surface area contributed by atoms with Gasteiger partial charge in [0.25, 0.3) is 0 Å². The predicted molar refractivity (Wildman–Crippen MR) is 77.3 cm³/mol. The van der Waals surface area contributed by atoms with E-state index in [2.05, 4.69) is 15.5 Å². The average Bonchev–Trinajstić information content (AvgIpc) is 2.95. The van der Waals surface area contributed by atoms with E-state index in [9.17, 15) is 18.0 Å². The molecule has 0 saturated heterocycles. The molecular weight excluding hydrogens is 311 g/mol. The van der Waals surface area contributed by atoms with E-state index in [1.807, 2.05) is 0 Å². The molecular formula is C15H10F3N3O2. The number of pyridine rings is 1. The molecule has 8 heteroatoms. The Kier molecular flexibility index (Phi) is 3.65. The van der Waals surface area contributed by atoms with Crippen molar-refractivity contribution < 1.29 is 17.7 Å². The number of H-pyrrole nitrogens is 1. The molecule has 0 saturated carbocycles. The van der Waals surface area contributed by atoms with Gasteiger partial charge in [0.05, 0.1) is 5.56 Å². The van der Waals surface area contributed by atoms with Crippen LogP contribution in [-0.4, -0.2) is 10.1 Å². The van der Waals surface area contributed by atoms with E-state index in [4.69, 9.17) is 4.52 Å². The fraction of sp³-hybridized carbons (Fsp3) is 0.0667. The Morgan fingerprint density at radius 1 is 1.13 bits per heavy atom. The summed E-state index contributed by atoms with van der Waals surface area (Å²) in [6.45, 7) is 0. The lowest BCUT2D eigenvalue weighted by Gasteiger charge is -2.08. The minimum absolute atomic E-state index is 0.166. The highest BCUT2D eigenvalue weighted by Gasteiger charge is 2.30. The fourth-order valence-corrected chi connectivity index (χ4v) is 1.99. The van der Waals surface area contributed by atoms with Crippen LogP contribution in [0.3, 0.4) is 0 Å². The van der Waals surface area contributed by atoms with Crippen molar-refractivity contribution in [2.24, 2.45) is 0 Å². The van der Waals surface area contributed by atoms with Crippen molar-refractivity contribution in [2.75, 3.05) is 5.32 Å². The zero-order valence-corrected chi connectivity index (χ0v) is 11.5.